The molecule has 15 heavy (non-hydrogen) atoms. The summed E-state index contributed by atoms with van der Waals surface area (Å²) in [5.74, 6) is 0.664. The van der Waals surface area contributed by atoms with Crippen LogP contribution in [0.1, 0.15) is 20.3 Å². The lowest BCUT2D eigenvalue weighted by Crippen LogP contribution is -2.32. The van der Waals surface area contributed by atoms with Crippen molar-refractivity contribution in [3.8, 4) is 0 Å². The summed E-state index contributed by atoms with van der Waals surface area (Å²) in [6.45, 7) is 7.66. The quantitative estimate of drug-likeness (QED) is 0.572. The molecule has 0 saturated heterocycles. The molecular formula is C11H25N3O. The average molecular weight is 215 g/mol. The van der Waals surface area contributed by atoms with Crippen molar-refractivity contribution >= 4 is 5.91 Å². The first-order chi connectivity index (χ1) is 7.02. The van der Waals surface area contributed by atoms with Crippen molar-refractivity contribution < 1.29 is 4.79 Å². The number of carbonyl (C=O) groups is 1. The summed E-state index contributed by atoms with van der Waals surface area (Å²) >= 11 is 0. The van der Waals surface area contributed by atoms with Crippen LogP contribution < -0.4 is 10.6 Å². The van der Waals surface area contributed by atoms with Gasteiger partial charge in [0.25, 0.3) is 0 Å². The molecule has 0 unspecified atom stereocenters. The third-order valence-electron chi connectivity index (χ3n) is 1.97. The minimum Gasteiger partial charge on any atom is -0.356 e. The molecule has 0 aliphatic rings. The molecule has 4 nitrogen and oxygen atoms in total. The highest BCUT2D eigenvalue weighted by Crippen LogP contribution is 1.87. The summed E-state index contributed by atoms with van der Waals surface area (Å²) < 4.78 is 0. The maximum atomic E-state index is 11.3. The number of nitrogens with zero attached hydrogens (tertiary/aromatic N) is 1. The van der Waals surface area contributed by atoms with Gasteiger partial charge in [-0.15, -0.1) is 0 Å². The first-order valence-electron chi connectivity index (χ1n) is 5.64. The molecule has 0 aliphatic carbocycles. The van der Waals surface area contributed by atoms with Gasteiger partial charge in [0.2, 0.25) is 5.91 Å². The summed E-state index contributed by atoms with van der Waals surface area (Å²) in [6.07, 6.45) is 0.570. The first-order valence-corrected chi connectivity index (χ1v) is 5.64. The van der Waals surface area contributed by atoms with Gasteiger partial charge in [-0.3, -0.25) is 4.79 Å². The van der Waals surface area contributed by atoms with E-state index >= 15 is 0 Å². The standard InChI is InChI=1S/C11H25N3O/c1-10(2)9-13-11(15)5-6-12-7-8-14(3)4/h10,12H,5-9H2,1-4H3,(H,13,15). The number of likely N-dealkylation sites (N-methyl/N-ethyl adjacent to an activating group) is 1. The van der Waals surface area contributed by atoms with E-state index in [4.69, 9.17) is 0 Å². The second-order valence-corrected chi connectivity index (χ2v) is 4.50. The van der Waals surface area contributed by atoms with E-state index in [-0.39, 0.29) is 5.91 Å². The van der Waals surface area contributed by atoms with Gasteiger partial charge < -0.3 is 15.5 Å². The molecule has 0 radical (unpaired) electrons. The fourth-order valence-electron chi connectivity index (χ4n) is 1.04. The average Bonchev–Trinajstić information content (AvgIpc) is 2.13. The first kappa shape index (κ1) is 14.4. The van der Waals surface area contributed by atoms with Crippen LogP contribution in [0.3, 0.4) is 0 Å². The fourth-order valence-corrected chi connectivity index (χ4v) is 1.04. The lowest BCUT2D eigenvalue weighted by Gasteiger charge is -2.10. The number of carbonyl (C=O) groups excluding carboxylic acids is 1. The molecule has 0 aliphatic heterocycles. The zero-order valence-corrected chi connectivity index (χ0v) is 10.5. The molecule has 4 heteroatoms. The zero-order chi connectivity index (χ0) is 11.7. The number of hydrogen-bond acceptors (Lipinski definition) is 3. The van der Waals surface area contributed by atoms with Crippen LogP contribution in [0.25, 0.3) is 0 Å². The van der Waals surface area contributed by atoms with E-state index in [0.717, 1.165) is 26.2 Å². The summed E-state index contributed by atoms with van der Waals surface area (Å²) in [6, 6.07) is 0. The summed E-state index contributed by atoms with van der Waals surface area (Å²) in [4.78, 5) is 13.4. The summed E-state index contributed by atoms with van der Waals surface area (Å²) in [7, 11) is 4.08. The van der Waals surface area contributed by atoms with Gasteiger partial charge >= 0.3 is 0 Å². The molecule has 0 spiro atoms. The molecule has 1 amide bonds. The number of amides is 1. The molecule has 0 aromatic rings. The maximum absolute atomic E-state index is 11.3. The van der Waals surface area contributed by atoms with Crippen LogP contribution >= 0.6 is 0 Å². The van der Waals surface area contributed by atoms with Gasteiger partial charge in [-0.2, -0.15) is 0 Å². The molecule has 90 valence electrons. The Kier molecular flexibility index (Phi) is 8.33. The molecule has 0 atom stereocenters. The van der Waals surface area contributed by atoms with E-state index in [1.54, 1.807) is 0 Å². The van der Waals surface area contributed by atoms with Gasteiger partial charge in [0.05, 0.1) is 0 Å². The molecule has 0 heterocycles. The van der Waals surface area contributed by atoms with Crippen LogP contribution in [0.4, 0.5) is 0 Å². The fraction of sp³-hybridized carbons (Fsp3) is 0.909. The molecule has 0 rings (SSSR count). The molecular weight excluding hydrogens is 190 g/mol. The minimum atomic E-state index is 0.140. The predicted molar refractivity (Wildman–Crippen MR) is 63.9 cm³/mol. The van der Waals surface area contributed by atoms with E-state index in [0.29, 0.717) is 12.3 Å². The Morgan fingerprint density at radius 2 is 1.93 bits per heavy atom. The Morgan fingerprint density at radius 3 is 2.47 bits per heavy atom. The van der Waals surface area contributed by atoms with Crippen molar-refractivity contribution in [3.63, 3.8) is 0 Å². The highest BCUT2D eigenvalue weighted by atomic mass is 16.1. The topological polar surface area (TPSA) is 44.4 Å². The Labute approximate surface area is 93.4 Å². The molecule has 2 N–H and O–H groups in total. The normalized spacial score (nSPS) is 11.1. The summed E-state index contributed by atoms with van der Waals surface area (Å²) in [5, 5.41) is 6.13. The number of rotatable bonds is 8. The third kappa shape index (κ3) is 11.3. The van der Waals surface area contributed by atoms with Crippen LogP contribution in [0.15, 0.2) is 0 Å². The Bertz CT molecular complexity index is 169. The van der Waals surface area contributed by atoms with E-state index in [1.165, 1.54) is 0 Å². The van der Waals surface area contributed by atoms with Crippen molar-refractivity contribution in [2.24, 2.45) is 5.92 Å². The van der Waals surface area contributed by atoms with Gasteiger partial charge in [-0.05, 0) is 20.0 Å². The highest BCUT2D eigenvalue weighted by molar-refractivity contribution is 5.76. The van der Waals surface area contributed by atoms with Crippen LogP contribution in [0, 0.1) is 5.92 Å². The van der Waals surface area contributed by atoms with Gasteiger partial charge in [-0.25, -0.2) is 0 Å². The van der Waals surface area contributed by atoms with Crippen LogP contribution in [-0.4, -0.2) is 51.1 Å². The highest BCUT2D eigenvalue weighted by Gasteiger charge is 2.01. The molecule has 0 bridgehead atoms. The number of hydrogen-bond donors (Lipinski definition) is 2. The van der Waals surface area contributed by atoms with Crippen molar-refractivity contribution in [1.29, 1.82) is 0 Å². The van der Waals surface area contributed by atoms with Crippen molar-refractivity contribution in [2.75, 3.05) is 40.3 Å². The third-order valence-corrected chi connectivity index (χ3v) is 1.97. The zero-order valence-electron chi connectivity index (χ0n) is 10.5. The van der Waals surface area contributed by atoms with E-state index in [1.807, 2.05) is 14.1 Å². The minimum absolute atomic E-state index is 0.140. The van der Waals surface area contributed by atoms with E-state index in [2.05, 4.69) is 29.4 Å². The number of nitrogens with one attached hydrogen (secondary N) is 2. The maximum Gasteiger partial charge on any atom is 0.221 e. The Hall–Kier alpha value is -0.610. The predicted octanol–water partition coefficient (Wildman–Crippen LogP) is 0.300. The van der Waals surface area contributed by atoms with Crippen molar-refractivity contribution in [2.45, 2.75) is 20.3 Å². The second kappa shape index (κ2) is 8.68. The molecule has 0 aromatic carbocycles. The lowest BCUT2D eigenvalue weighted by atomic mass is 10.2. The van der Waals surface area contributed by atoms with Gasteiger partial charge in [0.1, 0.15) is 0 Å². The second-order valence-electron chi connectivity index (χ2n) is 4.50. The largest absolute Gasteiger partial charge is 0.356 e. The van der Waals surface area contributed by atoms with E-state index in [9.17, 15) is 4.79 Å². The SMILES string of the molecule is CC(C)CNC(=O)CCNCCN(C)C. The van der Waals surface area contributed by atoms with Crippen LogP contribution in [0.2, 0.25) is 0 Å². The van der Waals surface area contributed by atoms with Gasteiger partial charge in [0.15, 0.2) is 0 Å². The molecule has 0 aromatic heterocycles. The van der Waals surface area contributed by atoms with Gasteiger partial charge in [0, 0.05) is 32.6 Å². The van der Waals surface area contributed by atoms with Crippen molar-refractivity contribution in [1.82, 2.24) is 15.5 Å². The Balaban J connectivity index is 3.24. The summed E-state index contributed by atoms with van der Waals surface area (Å²) in [5.41, 5.74) is 0. The van der Waals surface area contributed by atoms with Gasteiger partial charge in [-0.1, -0.05) is 13.8 Å². The monoisotopic (exact) mass is 215 g/mol. The van der Waals surface area contributed by atoms with E-state index < -0.39 is 0 Å². The van der Waals surface area contributed by atoms with Crippen LogP contribution in [0.5, 0.6) is 0 Å². The molecule has 0 fully saturated rings. The molecule has 0 saturated carbocycles. The van der Waals surface area contributed by atoms with Crippen molar-refractivity contribution in [3.05, 3.63) is 0 Å². The van der Waals surface area contributed by atoms with Crippen LogP contribution in [-0.2, 0) is 4.79 Å². The smallest absolute Gasteiger partial charge is 0.221 e. The Morgan fingerprint density at radius 1 is 1.27 bits per heavy atom. The lowest BCUT2D eigenvalue weighted by molar-refractivity contribution is -0.121.